The van der Waals surface area contributed by atoms with E-state index in [1.54, 1.807) is 0 Å². The first kappa shape index (κ1) is 10.7. The van der Waals surface area contributed by atoms with Gasteiger partial charge in [0.25, 0.3) is 0 Å². The molecule has 0 spiro atoms. The highest BCUT2D eigenvalue weighted by Gasteiger charge is 2.16. The molecular formula is C13H20N2. The SMILES string of the molecule is Cc1ccccc1CN1CCC[C@H](N)C1. The van der Waals surface area contributed by atoms with Crippen molar-refractivity contribution in [3.05, 3.63) is 35.4 Å². The fraction of sp³-hybridized carbons (Fsp3) is 0.538. The van der Waals surface area contributed by atoms with Gasteiger partial charge in [0.15, 0.2) is 0 Å². The summed E-state index contributed by atoms with van der Waals surface area (Å²) in [6.45, 7) is 5.48. The van der Waals surface area contributed by atoms with Crippen LogP contribution in [0.25, 0.3) is 0 Å². The molecule has 2 nitrogen and oxygen atoms in total. The van der Waals surface area contributed by atoms with Crippen LogP contribution >= 0.6 is 0 Å². The van der Waals surface area contributed by atoms with Crippen LogP contribution in [-0.2, 0) is 6.54 Å². The van der Waals surface area contributed by atoms with Gasteiger partial charge in [0.05, 0.1) is 0 Å². The van der Waals surface area contributed by atoms with E-state index >= 15 is 0 Å². The van der Waals surface area contributed by atoms with Crippen LogP contribution in [0.15, 0.2) is 24.3 Å². The highest BCUT2D eigenvalue weighted by Crippen LogP contribution is 2.14. The monoisotopic (exact) mass is 204 g/mol. The Morgan fingerprint density at radius 2 is 2.20 bits per heavy atom. The van der Waals surface area contributed by atoms with Gasteiger partial charge in [-0.15, -0.1) is 0 Å². The molecule has 82 valence electrons. The number of aryl methyl sites for hydroxylation is 1. The molecule has 0 aromatic heterocycles. The summed E-state index contributed by atoms with van der Waals surface area (Å²) in [6, 6.07) is 8.99. The Kier molecular flexibility index (Phi) is 3.39. The summed E-state index contributed by atoms with van der Waals surface area (Å²) < 4.78 is 0. The fourth-order valence-electron chi connectivity index (χ4n) is 2.26. The molecule has 0 bridgehead atoms. The van der Waals surface area contributed by atoms with Gasteiger partial charge in [-0.3, -0.25) is 4.90 Å². The quantitative estimate of drug-likeness (QED) is 0.797. The van der Waals surface area contributed by atoms with Gasteiger partial charge < -0.3 is 5.73 Å². The van der Waals surface area contributed by atoms with Gasteiger partial charge in [0, 0.05) is 19.1 Å². The predicted molar refractivity (Wildman–Crippen MR) is 63.7 cm³/mol. The Bertz CT molecular complexity index is 322. The molecular weight excluding hydrogens is 184 g/mol. The third kappa shape index (κ3) is 2.80. The van der Waals surface area contributed by atoms with Crippen molar-refractivity contribution < 1.29 is 0 Å². The van der Waals surface area contributed by atoms with Gasteiger partial charge in [-0.05, 0) is 37.4 Å². The normalized spacial score (nSPS) is 22.9. The smallest absolute Gasteiger partial charge is 0.0237 e. The zero-order valence-corrected chi connectivity index (χ0v) is 9.45. The first-order chi connectivity index (χ1) is 7.25. The fourth-order valence-corrected chi connectivity index (χ4v) is 2.26. The minimum Gasteiger partial charge on any atom is -0.327 e. The lowest BCUT2D eigenvalue weighted by atomic mass is 10.0. The first-order valence-corrected chi connectivity index (χ1v) is 5.78. The highest BCUT2D eigenvalue weighted by molar-refractivity contribution is 5.25. The molecule has 2 heteroatoms. The number of likely N-dealkylation sites (tertiary alicyclic amines) is 1. The summed E-state index contributed by atoms with van der Waals surface area (Å²) in [7, 11) is 0. The number of hydrogen-bond acceptors (Lipinski definition) is 2. The van der Waals surface area contributed by atoms with Crippen molar-refractivity contribution in [3.8, 4) is 0 Å². The number of rotatable bonds is 2. The standard InChI is InChI=1S/C13H20N2/c1-11-5-2-3-6-12(11)9-15-8-4-7-13(14)10-15/h2-3,5-6,13H,4,7-10,14H2,1H3/t13-/m0/s1. The maximum absolute atomic E-state index is 5.98. The van der Waals surface area contributed by atoms with Crippen molar-refractivity contribution in [2.45, 2.75) is 32.4 Å². The van der Waals surface area contributed by atoms with Gasteiger partial charge in [-0.2, -0.15) is 0 Å². The summed E-state index contributed by atoms with van der Waals surface area (Å²) in [5, 5.41) is 0. The van der Waals surface area contributed by atoms with E-state index in [2.05, 4.69) is 36.1 Å². The molecule has 1 aromatic carbocycles. The van der Waals surface area contributed by atoms with Crippen LogP contribution in [0.3, 0.4) is 0 Å². The van der Waals surface area contributed by atoms with Crippen molar-refractivity contribution in [2.75, 3.05) is 13.1 Å². The summed E-state index contributed by atoms with van der Waals surface area (Å²) in [6.07, 6.45) is 2.43. The molecule has 2 rings (SSSR count). The Labute approximate surface area is 92.1 Å². The molecule has 2 N–H and O–H groups in total. The van der Waals surface area contributed by atoms with E-state index in [1.165, 1.54) is 30.5 Å². The van der Waals surface area contributed by atoms with Crippen LogP contribution in [0.1, 0.15) is 24.0 Å². The van der Waals surface area contributed by atoms with Crippen LogP contribution < -0.4 is 5.73 Å². The van der Waals surface area contributed by atoms with Crippen molar-refractivity contribution in [2.24, 2.45) is 5.73 Å². The van der Waals surface area contributed by atoms with Crippen molar-refractivity contribution in [1.29, 1.82) is 0 Å². The lowest BCUT2D eigenvalue weighted by Gasteiger charge is -2.31. The number of nitrogens with zero attached hydrogens (tertiary/aromatic N) is 1. The minimum absolute atomic E-state index is 0.378. The molecule has 0 radical (unpaired) electrons. The van der Waals surface area contributed by atoms with Crippen LogP contribution in [0.5, 0.6) is 0 Å². The zero-order valence-electron chi connectivity index (χ0n) is 9.45. The molecule has 0 unspecified atom stereocenters. The molecule has 1 atom stereocenters. The molecule has 1 aliphatic rings. The van der Waals surface area contributed by atoms with Gasteiger partial charge in [0.1, 0.15) is 0 Å². The third-order valence-electron chi connectivity index (χ3n) is 3.20. The molecule has 0 saturated carbocycles. The maximum Gasteiger partial charge on any atom is 0.0237 e. The highest BCUT2D eigenvalue weighted by atomic mass is 15.1. The van der Waals surface area contributed by atoms with Crippen molar-refractivity contribution in [1.82, 2.24) is 4.90 Å². The zero-order chi connectivity index (χ0) is 10.7. The average Bonchev–Trinajstić information content (AvgIpc) is 2.22. The van der Waals surface area contributed by atoms with Gasteiger partial charge >= 0.3 is 0 Å². The second-order valence-corrected chi connectivity index (χ2v) is 4.56. The summed E-state index contributed by atoms with van der Waals surface area (Å²) in [4.78, 5) is 2.47. The topological polar surface area (TPSA) is 29.3 Å². The number of benzene rings is 1. The van der Waals surface area contributed by atoms with Crippen LogP contribution in [0, 0.1) is 6.92 Å². The molecule has 0 aliphatic carbocycles. The van der Waals surface area contributed by atoms with E-state index in [1.807, 2.05) is 0 Å². The van der Waals surface area contributed by atoms with E-state index in [0.29, 0.717) is 6.04 Å². The average molecular weight is 204 g/mol. The molecule has 1 saturated heterocycles. The second kappa shape index (κ2) is 4.77. The Morgan fingerprint density at radius 3 is 2.93 bits per heavy atom. The molecule has 1 aromatic rings. The van der Waals surface area contributed by atoms with E-state index in [-0.39, 0.29) is 0 Å². The largest absolute Gasteiger partial charge is 0.327 e. The summed E-state index contributed by atoms with van der Waals surface area (Å²) in [5.41, 5.74) is 8.80. The van der Waals surface area contributed by atoms with E-state index in [4.69, 9.17) is 5.73 Å². The Morgan fingerprint density at radius 1 is 1.40 bits per heavy atom. The van der Waals surface area contributed by atoms with Crippen LogP contribution in [0.2, 0.25) is 0 Å². The maximum atomic E-state index is 5.98. The predicted octanol–water partition coefficient (Wildman–Crippen LogP) is 1.92. The van der Waals surface area contributed by atoms with Gasteiger partial charge in [-0.1, -0.05) is 24.3 Å². The van der Waals surface area contributed by atoms with Crippen LogP contribution in [0.4, 0.5) is 0 Å². The molecule has 1 aliphatic heterocycles. The minimum atomic E-state index is 0.378. The van der Waals surface area contributed by atoms with Crippen LogP contribution in [-0.4, -0.2) is 24.0 Å². The lowest BCUT2D eigenvalue weighted by molar-refractivity contribution is 0.201. The molecule has 1 fully saturated rings. The van der Waals surface area contributed by atoms with E-state index in [0.717, 1.165) is 13.1 Å². The van der Waals surface area contributed by atoms with Crippen molar-refractivity contribution in [3.63, 3.8) is 0 Å². The van der Waals surface area contributed by atoms with E-state index in [9.17, 15) is 0 Å². The second-order valence-electron chi connectivity index (χ2n) is 4.56. The van der Waals surface area contributed by atoms with Gasteiger partial charge in [0.2, 0.25) is 0 Å². The van der Waals surface area contributed by atoms with Crippen molar-refractivity contribution >= 4 is 0 Å². The number of nitrogens with two attached hydrogens (primary N) is 1. The number of piperidine rings is 1. The van der Waals surface area contributed by atoms with Gasteiger partial charge in [-0.25, -0.2) is 0 Å². The van der Waals surface area contributed by atoms with E-state index < -0.39 is 0 Å². The number of hydrogen-bond donors (Lipinski definition) is 1. The Balaban J connectivity index is 1.99. The Hall–Kier alpha value is -0.860. The first-order valence-electron chi connectivity index (χ1n) is 5.78. The summed E-state index contributed by atoms with van der Waals surface area (Å²) >= 11 is 0. The molecule has 15 heavy (non-hydrogen) atoms. The lowest BCUT2D eigenvalue weighted by Crippen LogP contribution is -2.42. The third-order valence-corrected chi connectivity index (χ3v) is 3.20. The molecule has 1 heterocycles. The molecule has 0 amide bonds. The summed E-state index contributed by atoms with van der Waals surface area (Å²) in [5.74, 6) is 0.